The van der Waals surface area contributed by atoms with Crippen LogP contribution in [-0.2, 0) is 0 Å². The van der Waals surface area contributed by atoms with Gasteiger partial charge >= 0.3 is 0 Å². The number of nitrogens with zero attached hydrogens (tertiary/aromatic N) is 1. The number of hydrogen-bond acceptors (Lipinski definition) is 2. The average Bonchev–Trinajstić information content (AvgIpc) is 2.03. The van der Waals surface area contributed by atoms with Gasteiger partial charge in [-0.3, -0.25) is 0 Å². The minimum atomic E-state index is 0.520. The molecule has 0 saturated heterocycles. The van der Waals surface area contributed by atoms with E-state index in [0.717, 1.165) is 12.1 Å². The van der Waals surface area contributed by atoms with Crippen molar-refractivity contribution in [3.63, 3.8) is 0 Å². The highest BCUT2D eigenvalue weighted by Crippen LogP contribution is 2.30. The van der Waals surface area contributed by atoms with Crippen LogP contribution in [0.1, 0.15) is 40.0 Å². The van der Waals surface area contributed by atoms with Gasteiger partial charge < -0.3 is 5.21 Å². The van der Waals surface area contributed by atoms with E-state index in [2.05, 4.69) is 25.9 Å². The van der Waals surface area contributed by atoms with Crippen LogP contribution in [0.3, 0.4) is 0 Å². The Morgan fingerprint density at radius 1 is 1.42 bits per heavy atom. The van der Waals surface area contributed by atoms with E-state index in [-0.39, 0.29) is 0 Å². The normalized spacial score (nSPS) is 34.5. The number of hydrogen-bond donors (Lipinski definition) is 1. The van der Waals surface area contributed by atoms with E-state index in [0.29, 0.717) is 17.8 Å². The van der Waals surface area contributed by atoms with Crippen LogP contribution in [-0.4, -0.2) is 10.9 Å². The molecule has 0 aromatic carbocycles. The standard InChI is InChI=1S/C10H19NO/c1-7(2)9-5-4-8(3)6-10(9)11-12/h7-9,12H,4-6H2,1-3H3. The molecule has 2 atom stereocenters. The summed E-state index contributed by atoms with van der Waals surface area (Å²) >= 11 is 0. The lowest BCUT2D eigenvalue weighted by molar-refractivity contribution is 0.291. The van der Waals surface area contributed by atoms with Crippen LogP contribution in [0, 0.1) is 17.8 Å². The van der Waals surface area contributed by atoms with Gasteiger partial charge in [-0.05, 0) is 31.1 Å². The summed E-state index contributed by atoms with van der Waals surface area (Å²) in [6, 6.07) is 0. The van der Waals surface area contributed by atoms with Crippen LogP contribution in [0.4, 0.5) is 0 Å². The van der Waals surface area contributed by atoms with Crippen molar-refractivity contribution in [1.82, 2.24) is 0 Å². The molecule has 70 valence electrons. The predicted molar refractivity (Wildman–Crippen MR) is 50.6 cm³/mol. The summed E-state index contributed by atoms with van der Waals surface area (Å²) in [5.74, 6) is 1.83. The molecule has 0 aliphatic heterocycles. The molecule has 1 fully saturated rings. The molecule has 1 saturated carbocycles. The molecule has 0 amide bonds. The van der Waals surface area contributed by atoms with E-state index in [1.807, 2.05) is 0 Å². The van der Waals surface area contributed by atoms with Gasteiger partial charge in [0.1, 0.15) is 0 Å². The molecule has 2 unspecified atom stereocenters. The molecule has 0 aromatic heterocycles. The molecule has 1 N–H and O–H groups in total. The quantitative estimate of drug-likeness (QED) is 0.475. The molecule has 2 nitrogen and oxygen atoms in total. The monoisotopic (exact) mass is 169 g/mol. The molecule has 1 aliphatic carbocycles. The molecule has 0 spiro atoms. The van der Waals surface area contributed by atoms with E-state index < -0.39 is 0 Å². The second-order valence-corrected chi connectivity index (χ2v) is 4.33. The van der Waals surface area contributed by atoms with Gasteiger partial charge in [0.2, 0.25) is 0 Å². The van der Waals surface area contributed by atoms with Crippen LogP contribution < -0.4 is 0 Å². The van der Waals surface area contributed by atoms with Crippen molar-refractivity contribution in [2.24, 2.45) is 22.9 Å². The van der Waals surface area contributed by atoms with E-state index in [1.165, 1.54) is 12.8 Å². The first kappa shape index (κ1) is 9.56. The van der Waals surface area contributed by atoms with Crippen LogP contribution >= 0.6 is 0 Å². The van der Waals surface area contributed by atoms with E-state index in [1.54, 1.807) is 0 Å². The van der Waals surface area contributed by atoms with Crippen molar-refractivity contribution in [2.75, 3.05) is 0 Å². The van der Waals surface area contributed by atoms with Gasteiger partial charge in [0.15, 0.2) is 0 Å². The van der Waals surface area contributed by atoms with Crippen molar-refractivity contribution >= 4 is 5.71 Å². The van der Waals surface area contributed by atoms with E-state index >= 15 is 0 Å². The Morgan fingerprint density at radius 3 is 2.58 bits per heavy atom. The van der Waals surface area contributed by atoms with Crippen molar-refractivity contribution in [3.05, 3.63) is 0 Å². The van der Waals surface area contributed by atoms with Gasteiger partial charge in [0.25, 0.3) is 0 Å². The van der Waals surface area contributed by atoms with Gasteiger partial charge in [0, 0.05) is 5.92 Å². The third-order valence-corrected chi connectivity index (χ3v) is 2.89. The summed E-state index contributed by atoms with van der Waals surface area (Å²) in [5.41, 5.74) is 1.02. The van der Waals surface area contributed by atoms with Gasteiger partial charge in [-0.1, -0.05) is 25.9 Å². The lowest BCUT2D eigenvalue weighted by atomic mass is 9.76. The summed E-state index contributed by atoms with van der Waals surface area (Å²) in [5, 5.41) is 12.2. The Hall–Kier alpha value is -0.530. The summed E-state index contributed by atoms with van der Waals surface area (Å²) in [4.78, 5) is 0. The molecule has 0 bridgehead atoms. The Balaban J connectivity index is 2.63. The first-order valence-electron chi connectivity index (χ1n) is 4.86. The van der Waals surface area contributed by atoms with Crippen LogP contribution in [0.2, 0.25) is 0 Å². The fourth-order valence-corrected chi connectivity index (χ4v) is 2.07. The maximum atomic E-state index is 8.82. The lowest BCUT2D eigenvalue weighted by Crippen LogP contribution is -2.27. The minimum absolute atomic E-state index is 0.520. The molecule has 1 aliphatic rings. The Kier molecular flexibility index (Phi) is 3.12. The van der Waals surface area contributed by atoms with E-state index in [4.69, 9.17) is 5.21 Å². The minimum Gasteiger partial charge on any atom is -0.411 e. The second kappa shape index (κ2) is 3.92. The highest BCUT2D eigenvalue weighted by Gasteiger charge is 2.27. The molecule has 0 aromatic rings. The zero-order valence-corrected chi connectivity index (χ0v) is 8.25. The predicted octanol–water partition coefficient (Wildman–Crippen LogP) is 2.91. The van der Waals surface area contributed by atoms with Crippen LogP contribution in [0.15, 0.2) is 5.16 Å². The molecule has 12 heavy (non-hydrogen) atoms. The summed E-state index contributed by atoms with van der Waals surface area (Å²) in [6.07, 6.45) is 3.46. The topological polar surface area (TPSA) is 32.6 Å². The maximum absolute atomic E-state index is 8.82. The second-order valence-electron chi connectivity index (χ2n) is 4.33. The smallest absolute Gasteiger partial charge is 0.0606 e. The summed E-state index contributed by atoms with van der Waals surface area (Å²) in [6.45, 7) is 6.62. The summed E-state index contributed by atoms with van der Waals surface area (Å²) in [7, 11) is 0. The third kappa shape index (κ3) is 1.99. The Bertz CT molecular complexity index is 175. The van der Waals surface area contributed by atoms with Crippen molar-refractivity contribution in [1.29, 1.82) is 0 Å². The first-order chi connectivity index (χ1) is 5.65. The van der Waals surface area contributed by atoms with Crippen molar-refractivity contribution in [2.45, 2.75) is 40.0 Å². The van der Waals surface area contributed by atoms with Crippen molar-refractivity contribution in [3.8, 4) is 0 Å². The zero-order valence-electron chi connectivity index (χ0n) is 8.25. The molecular formula is C10H19NO. The molecule has 0 radical (unpaired) electrons. The first-order valence-corrected chi connectivity index (χ1v) is 4.86. The largest absolute Gasteiger partial charge is 0.411 e. The molecule has 0 heterocycles. The number of rotatable bonds is 1. The van der Waals surface area contributed by atoms with Crippen LogP contribution in [0.25, 0.3) is 0 Å². The van der Waals surface area contributed by atoms with E-state index in [9.17, 15) is 0 Å². The SMILES string of the molecule is CC1CCC(C(C)C)C(=NO)C1. The van der Waals surface area contributed by atoms with Crippen LogP contribution in [0.5, 0.6) is 0 Å². The number of oxime groups is 1. The molecular weight excluding hydrogens is 150 g/mol. The highest BCUT2D eigenvalue weighted by molar-refractivity contribution is 5.87. The van der Waals surface area contributed by atoms with Crippen molar-refractivity contribution < 1.29 is 5.21 Å². The average molecular weight is 169 g/mol. The zero-order chi connectivity index (χ0) is 9.14. The van der Waals surface area contributed by atoms with Gasteiger partial charge in [-0.2, -0.15) is 0 Å². The Morgan fingerprint density at radius 2 is 2.08 bits per heavy atom. The lowest BCUT2D eigenvalue weighted by Gasteiger charge is -2.29. The fourth-order valence-electron chi connectivity index (χ4n) is 2.07. The van der Waals surface area contributed by atoms with Gasteiger partial charge in [0.05, 0.1) is 5.71 Å². The molecule has 2 heteroatoms. The highest BCUT2D eigenvalue weighted by atomic mass is 16.4. The fraction of sp³-hybridized carbons (Fsp3) is 0.900. The maximum Gasteiger partial charge on any atom is 0.0606 e. The third-order valence-electron chi connectivity index (χ3n) is 2.89. The summed E-state index contributed by atoms with van der Waals surface area (Å²) < 4.78 is 0. The van der Waals surface area contributed by atoms with Gasteiger partial charge in [-0.15, -0.1) is 0 Å². The Labute approximate surface area is 74.7 Å². The van der Waals surface area contributed by atoms with Gasteiger partial charge in [-0.25, -0.2) is 0 Å². The molecule has 1 rings (SSSR count).